The fraction of sp³-hybridized carbons (Fsp3) is 0.333. The van der Waals surface area contributed by atoms with Crippen LogP contribution in [-0.2, 0) is 19.1 Å². The Hall–Kier alpha value is -2.85. The van der Waals surface area contributed by atoms with Gasteiger partial charge < -0.3 is 20.1 Å². The lowest BCUT2D eigenvalue weighted by Gasteiger charge is -2.28. The maximum Gasteiger partial charge on any atom is 0.294 e. The lowest BCUT2D eigenvalue weighted by atomic mass is 10.2. The van der Waals surface area contributed by atoms with Crippen molar-refractivity contribution in [2.75, 3.05) is 39.5 Å². The van der Waals surface area contributed by atoms with Crippen LogP contribution in [0, 0.1) is 0 Å². The summed E-state index contributed by atoms with van der Waals surface area (Å²) >= 11 is 0.754. The summed E-state index contributed by atoms with van der Waals surface area (Å²) in [5.74, 6) is -1.10. The van der Waals surface area contributed by atoms with E-state index in [9.17, 15) is 19.2 Å². The zero-order chi connectivity index (χ0) is 20.1. The monoisotopic (exact) mass is 405 g/mol. The molecule has 2 fully saturated rings. The molecule has 0 aromatic heterocycles. The maximum absolute atomic E-state index is 12.6. The standard InChI is InChI=1S/C18H19N3O6S/c19-15(22)11-27-13-4-2-1-3-12(13)9-14-17(24)21(18(25)28-14)10-16(23)20-5-7-26-8-6-20/h1-4,9H,5-8,10-11H2,(H2,19,22). The van der Waals surface area contributed by atoms with Crippen molar-refractivity contribution in [2.24, 2.45) is 5.73 Å². The normalized spacial score (nSPS) is 18.6. The molecule has 0 bridgehead atoms. The molecule has 1 aromatic rings. The number of benzene rings is 1. The van der Waals surface area contributed by atoms with E-state index in [2.05, 4.69) is 0 Å². The molecule has 4 amide bonds. The van der Waals surface area contributed by atoms with E-state index in [1.54, 1.807) is 29.2 Å². The first-order valence-corrected chi connectivity index (χ1v) is 9.38. The minimum atomic E-state index is -0.628. The second-order valence-corrected chi connectivity index (χ2v) is 7.05. The predicted octanol–water partition coefficient (Wildman–Crippen LogP) is 0.446. The molecule has 0 aliphatic carbocycles. The topological polar surface area (TPSA) is 119 Å². The van der Waals surface area contributed by atoms with Crippen LogP contribution in [0.1, 0.15) is 5.56 Å². The first-order chi connectivity index (χ1) is 13.5. The van der Waals surface area contributed by atoms with Crippen LogP contribution in [0.25, 0.3) is 6.08 Å². The fourth-order valence-electron chi connectivity index (χ4n) is 2.71. The van der Waals surface area contributed by atoms with Crippen LogP contribution in [-0.4, -0.2) is 72.2 Å². The van der Waals surface area contributed by atoms with Gasteiger partial charge in [0.2, 0.25) is 5.91 Å². The summed E-state index contributed by atoms with van der Waals surface area (Å²) in [5.41, 5.74) is 5.61. The number of hydrogen-bond acceptors (Lipinski definition) is 7. The Labute approximate surface area is 165 Å². The Bertz CT molecular complexity index is 834. The Kier molecular flexibility index (Phi) is 6.32. The predicted molar refractivity (Wildman–Crippen MR) is 101 cm³/mol. The van der Waals surface area contributed by atoms with Gasteiger partial charge in [-0.2, -0.15) is 0 Å². The number of amides is 4. The average molecular weight is 405 g/mol. The number of carbonyl (C=O) groups is 4. The number of rotatable bonds is 6. The third-order valence-electron chi connectivity index (χ3n) is 4.11. The highest BCUT2D eigenvalue weighted by Gasteiger charge is 2.37. The molecular formula is C18H19N3O6S. The second-order valence-electron chi connectivity index (χ2n) is 6.05. The Morgan fingerprint density at radius 2 is 1.93 bits per heavy atom. The lowest BCUT2D eigenvalue weighted by molar-refractivity contribution is -0.139. The molecule has 10 heteroatoms. The van der Waals surface area contributed by atoms with Crippen molar-refractivity contribution < 1.29 is 28.7 Å². The lowest BCUT2D eigenvalue weighted by Crippen LogP contribution is -2.46. The summed E-state index contributed by atoms with van der Waals surface area (Å²) in [7, 11) is 0. The number of primary amides is 1. The Balaban J connectivity index is 1.72. The smallest absolute Gasteiger partial charge is 0.294 e. The third-order valence-corrected chi connectivity index (χ3v) is 5.01. The van der Waals surface area contributed by atoms with Gasteiger partial charge in [-0.05, 0) is 23.9 Å². The number of hydrogen-bond donors (Lipinski definition) is 1. The zero-order valence-electron chi connectivity index (χ0n) is 15.0. The maximum atomic E-state index is 12.6. The summed E-state index contributed by atoms with van der Waals surface area (Å²) < 4.78 is 10.5. The van der Waals surface area contributed by atoms with Gasteiger partial charge in [-0.25, -0.2) is 0 Å². The molecule has 0 spiro atoms. The van der Waals surface area contributed by atoms with Gasteiger partial charge in [0, 0.05) is 18.7 Å². The van der Waals surface area contributed by atoms with Gasteiger partial charge in [0.1, 0.15) is 12.3 Å². The largest absolute Gasteiger partial charge is 0.483 e. The molecule has 2 aliphatic rings. The van der Waals surface area contributed by atoms with Crippen LogP contribution in [0.15, 0.2) is 29.2 Å². The molecule has 2 saturated heterocycles. The molecule has 0 unspecified atom stereocenters. The molecule has 0 saturated carbocycles. The Morgan fingerprint density at radius 3 is 2.64 bits per heavy atom. The fourth-order valence-corrected chi connectivity index (χ4v) is 3.53. The number of nitrogens with two attached hydrogens (primary N) is 1. The van der Waals surface area contributed by atoms with Gasteiger partial charge >= 0.3 is 0 Å². The highest BCUT2D eigenvalue weighted by atomic mass is 32.2. The van der Waals surface area contributed by atoms with Gasteiger partial charge in [0.25, 0.3) is 17.1 Å². The summed E-state index contributed by atoms with van der Waals surface area (Å²) in [6, 6.07) is 6.75. The van der Waals surface area contributed by atoms with Crippen molar-refractivity contribution in [3.8, 4) is 5.75 Å². The first kappa shape index (κ1) is 19.9. The molecular weight excluding hydrogens is 386 g/mol. The summed E-state index contributed by atoms with van der Waals surface area (Å²) in [6.45, 7) is 1.15. The van der Waals surface area contributed by atoms with E-state index in [0.29, 0.717) is 37.6 Å². The second kappa shape index (κ2) is 8.89. The number of carbonyl (C=O) groups excluding carboxylic acids is 4. The number of imide groups is 1. The number of nitrogens with zero attached hydrogens (tertiary/aromatic N) is 2. The van der Waals surface area contributed by atoms with Crippen LogP contribution >= 0.6 is 11.8 Å². The SMILES string of the molecule is NC(=O)COc1ccccc1C=C1SC(=O)N(CC(=O)N2CCOCC2)C1=O. The van der Waals surface area contributed by atoms with E-state index in [4.69, 9.17) is 15.2 Å². The molecule has 1 aromatic carbocycles. The molecule has 9 nitrogen and oxygen atoms in total. The molecule has 2 N–H and O–H groups in total. The van der Waals surface area contributed by atoms with Crippen LogP contribution in [0.4, 0.5) is 4.79 Å². The van der Waals surface area contributed by atoms with Crippen LogP contribution < -0.4 is 10.5 Å². The van der Waals surface area contributed by atoms with E-state index in [0.717, 1.165) is 16.7 Å². The van der Waals surface area contributed by atoms with Gasteiger partial charge in [-0.1, -0.05) is 18.2 Å². The molecule has 2 heterocycles. The Morgan fingerprint density at radius 1 is 1.21 bits per heavy atom. The number of morpholine rings is 1. The number of ether oxygens (including phenoxy) is 2. The molecule has 2 aliphatic heterocycles. The van der Waals surface area contributed by atoms with Crippen molar-refractivity contribution in [1.29, 1.82) is 0 Å². The number of para-hydroxylation sites is 1. The molecule has 0 radical (unpaired) electrons. The van der Waals surface area contributed by atoms with Crippen LogP contribution in [0.3, 0.4) is 0 Å². The van der Waals surface area contributed by atoms with E-state index in [1.807, 2.05) is 0 Å². The van der Waals surface area contributed by atoms with Gasteiger partial charge in [0.15, 0.2) is 6.61 Å². The van der Waals surface area contributed by atoms with E-state index in [-0.39, 0.29) is 24.0 Å². The van der Waals surface area contributed by atoms with Crippen LogP contribution in [0.5, 0.6) is 5.75 Å². The van der Waals surface area contributed by atoms with Crippen molar-refractivity contribution in [2.45, 2.75) is 0 Å². The van der Waals surface area contributed by atoms with Gasteiger partial charge in [-0.3, -0.25) is 24.1 Å². The van der Waals surface area contributed by atoms with Gasteiger partial charge in [0.05, 0.1) is 18.1 Å². The molecule has 0 atom stereocenters. The van der Waals surface area contributed by atoms with E-state index >= 15 is 0 Å². The molecule has 28 heavy (non-hydrogen) atoms. The summed E-state index contributed by atoms with van der Waals surface area (Å²) in [4.78, 5) is 50.8. The van der Waals surface area contributed by atoms with E-state index < -0.39 is 17.1 Å². The summed E-state index contributed by atoms with van der Waals surface area (Å²) in [6.07, 6.45) is 1.50. The van der Waals surface area contributed by atoms with Crippen molar-refractivity contribution in [1.82, 2.24) is 9.80 Å². The van der Waals surface area contributed by atoms with Gasteiger partial charge in [-0.15, -0.1) is 0 Å². The number of thioether (sulfide) groups is 1. The summed E-state index contributed by atoms with van der Waals surface area (Å²) in [5, 5.41) is -0.506. The van der Waals surface area contributed by atoms with Crippen molar-refractivity contribution in [3.05, 3.63) is 34.7 Å². The first-order valence-electron chi connectivity index (χ1n) is 8.56. The highest BCUT2D eigenvalue weighted by molar-refractivity contribution is 8.18. The quantitative estimate of drug-likeness (QED) is 0.682. The highest BCUT2D eigenvalue weighted by Crippen LogP contribution is 2.34. The zero-order valence-corrected chi connectivity index (χ0v) is 15.8. The molecule has 148 valence electrons. The van der Waals surface area contributed by atoms with Crippen LogP contribution in [0.2, 0.25) is 0 Å². The third kappa shape index (κ3) is 4.70. The minimum Gasteiger partial charge on any atom is -0.483 e. The average Bonchev–Trinajstić information content (AvgIpc) is 2.95. The minimum absolute atomic E-state index is 0.176. The van der Waals surface area contributed by atoms with E-state index in [1.165, 1.54) is 6.08 Å². The van der Waals surface area contributed by atoms with Crippen molar-refractivity contribution >= 4 is 40.8 Å². The van der Waals surface area contributed by atoms with Crippen molar-refractivity contribution in [3.63, 3.8) is 0 Å². The molecule has 3 rings (SSSR count).